The van der Waals surface area contributed by atoms with Crippen LogP contribution in [0, 0.1) is 5.92 Å². The lowest BCUT2D eigenvalue weighted by molar-refractivity contribution is -0.287. The van der Waals surface area contributed by atoms with E-state index >= 15 is 0 Å². The van der Waals surface area contributed by atoms with Gasteiger partial charge in [0.1, 0.15) is 12.7 Å². The van der Waals surface area contributed by atoms with Crippen molar-refractivity contribution in [3.8, 4) is 0 Å². The number of ether oxygens (including phenoxy) is 6. The first-order chi connectivity index (χ1) is 17.2. The van der Waals surface area contributed by atoms with E-state index in [0.717, 1.165) is 19.3 Å². The first kappa shape index (κ1) is 31.0. The van der Waals surface area contributed by atoms with Crippen molar-refractivity contribution in [1.29, 1.82) is 0 Å². The molecule has 1 aliphatic rings. The molecule has 0 unspecified atom stereocenters. The second-order valence-electron chi connectivity index (χ2n) is 8.02. The molecule has 12 heteroatoms. The third kappa shape index (κ3) is 10.3. The molecule has 0 bridgehead atoms. The molecular weight excluding hydrogens is 480 g/mol. The highest BCUT2D eigenvalue weighted by Gasteiger charge is 2.52. The van der Waals surface area contributed by atoms with Gasteiger partial charge in [-0.3, -0.25) is 14.4 Å². The number of hydrogen-bond donors (Lipinski definition) is 1. The van der Waals surface area contributed by atoms with E-state index in [4.69, 9.17) is 23.7 Å². The van der Waals surface area contributed by atoms with Crippen LogP contribution in [0.3, 0.4) is 0 Å². The van der Waals surface area contributed by atoms with Gasteiger partial charge >= 0.3 is 29.8 Å². The molecule has 5 atom stereocenters. The van der Waals surface area contributed by atoms with Gasteiger partial charge in [-0.2, -0.15) is 0 Å². The average molecular weight is 517 g/mol. The van der Waals surface area contributed by atoms with Crippen LogP contribution in [-0.2, 0) is 52.4 Å². The van der Waals surface area contributed by atoms with Crippen molar-refractivity contribution in [2.45, 2.75) is 83.9 Å². The Morgan fingerprint density at radius 2 is 1.31 bits per heavy atom. The number of aliphatic hydroxyl groups excluding tert-OH is 1. The summed E-state index contributed by atoms with van der Waals surface area (Å²) < 4.78 is 31.8. The van der Waals surface area contributed by atoms with Crippen molar-refractivity contribution in [3.05, 3.63) is 12.2 Å². The van der Waals surface area contributed by atoms with Crippen LogP contribution in [0.25, 0.3) is 0 Å². The minimum atomic E-state index is -1.48. The minimum Gasteiger partial charge on any atom is -0.466 e. The number of carbonyl (C=O) groups is 5. The van der Waals surface area contributed by atoms with Crippen molar-refractivity contribution in [2.24, 2.45) is 5.92 Å². The molecule has 1 N–H and O–H groups in total. The van der Waals surface area contributed by atoms with Gasteiger partial charge in [0.05, 0.1) is 19.6 Å². The molecule has 0 aromatic heterocycles. The maximum atomic E-state index is 12.4. The van der Waals surface area contributed by atoms with E-state index in [0.29, 0.717) is 19.3 Å². The van der Waals surface area contributed by atoms with E-state index < -0.39 is 73.6 Å². The SMILES string of the molecule is CCCC(=O)OC[C@H]1[C@H](OC(=O)/C=C/C(=O)OC)O[C@H](CO)[C@@H](OC(=O)CCC)[C@@H]1OC(=O)CCC. The van der Waals surface area contributed by atoms with Gasteiger partial charge in [0.25, 0.3) is 0 Å². The Balaban J connectivity index is 3.34. The van der Waals surface area contributed by atoms with Gasteiger partial charge in [-0.25, -0.2) is 9.59 Å². The molecular formula is C24H36O12. The summed E-state index contributed by atoms with van der Waals surface area (Å²) in [6.07, 6.45) is -1.89. The maximum absolute atomic E-state index is 12.4. The summed E-state index contributed by atoms with van der Waals surface area (Å²) in [5.41, 5.74) is 0. The molecule has 0 saturated carbocycles. The molecule has 12 nitrogen and oxygen atoms in total. The zero-order valence-corrected chi connectivity index (χ0v) is 21.1. The second-order valence-corrected chi connectivity index (χ2v) is 8.02. The van der Waals surface area contributed by atoms with Crippen LogP contribution < -0.4 is 0 Å². The lowest BCUT2D eigenvalue weighted by atomic mass is 9.90. The Bertz CT molecular complexity index is 777. The second kappa shape index (κ2) is 16.6. The lowest BCUT2D eigenvalue weighted by Gasteiger charge is -2.44. The molecule has 1 heterocycles. The van der Waals surface area contributed by atoms with Crippen molar-refractivity contribution in [1.82, 2.24) is 0 Å². The summed E-state index contributed by atoms with van der Waals surface area (Å²) in [5.74, 6) is -4.70. The van der Waals surface area contributed by atoms with Crippen LogP contribution in [-0.4, -0.2) is 79.9 Å². The van der Waals surface area contributed by atoms with Gasteiger partial charge in [0.2, 0.25) is 6.29 Å². The van der Waals surface area contributed by atoms with Gasteiger partial charge in [-0.15, -0.1) is 0 Å². The van der Waals surface area contributed by atoms with E-state index in [2.05, 4.69) is 4.74 Å². The summed E-state index contributed by atoms with van der Waals surface area (Å²) in [5, 5.41) is 9.94. The quantitative estimate of drug-likeness (QED) is 0.201. The number of rotatable bonds is 14. The van der Waals surface area contributed by atoms with Crippen molar-refractivity contribution in [2.75, 3.05) is 20.3 Å². The average Bonchev–Trinajstić information content (AvgIpc) is 2.83. The predicted molar refractivity (Wildman–Crippen MR) is 122 cm³/mol. The molecule has 0 aromatic rings. The van der Waals surface area contributed by atoms with Crippen molar-refractivity contribution in [3.63, 3.8) is 0 Å². The molecule has 0 spiro atoms. The standard InChI is InChI=1S/C24H36O12/c1-5-8-18(27)32-14-15-22(34-19(28)9-6-2)23(35-20(29)10-7-3)16(13-25)33-24(15)36-21(30)12-11-17(26)31-4/h11-12,15-16,22-25H,5-10,13-14H2,1-4H3/b12-11+/t15-,16-,22-,23-,24+/m1/s1. The highest BCUT2D eigenvalue weighted by molar-refractivity contribution is 5.91. The van der Waals surface area contributed by atoms with Gasteiger partial charge < -0.3 is 33.5 Å². The topological polar surface area (TPSA) is 161 Å². The van der Waals surface area contributed by atoms with Crippen molar-refractivity contribution >= 4 is 29.8 Å². The Kier molecular flexibility index (Phi) is 14.3. The zero-order valence-electron chi connectivity index (χ0n) is 21.1. The summed E-state index contributed by atoms with van der Waals surface area (Å²) in [6.45, 7) is 4.26. The fourth-order valence-electron chi connectivity index (χ4n) is 3.35. The van der Waals surface area contributed by atoms with Crippen LogP contribution in [0.5, 0.6) is 0 Å². The maximum Gasteiger partial charge on any atom is 0.333 e. The molecule has 0 aliphatic carbocycles. The molecule has 1 fully saturated rings. The predicted octanol–water partition coefficient (Wildman–Crippen LogP) is 1.36. The van der Waals surface area contributed by atoms with Crippen LogP contribution in [0.15, 0.2) is 12.2 Å². The highest BCUT2D eigenvalue weighted by atomic mass is 16.7. The minimum absolute atomic E-state index is 0.0471. The van der Waals surface area contributed by atoms with Crippen LogP contribution >= 0.6 is 0 Å². The first-order valence-corrected chi connectivity index (χ1v) is 12.0. The summed E-state index contributed by atoms with van der Waals surface area (Å²) >= 11 is 0. The Morgan fingerprint density at radius 1 is 0.778 bits per heavy atom. The Morgan fingerprint density at radius 3 is 1.83 bits per heavy atom. The molecule has 1 rings (SSSR count). The number of hydrogen-bond acceptors (Lipinski definition) is 12. The zero-order chi connectivity index (χ0) is 27.1. The fraction of sp³-hybridized carbons (Fsp3) is 0.708. The number of esters is 5. The van der Waals surface area contributed by atoms with Crippen LogP contribution in [0.1, 0.15) is 59.3 Å². The molecule has 204 valence electrons. The summed E-state index contributed by atoms with van der Waals surface area (Å²) in [7, 11) is 1.13. The molecule has 0 aromatic carbocycles. The number of methoxy groups -OCH3 is 1. The van der Waals surface area contributed by atoms with E-state index in [9.17, 15) is 29.1 Å². The third-order valence-corrected chi connectivity index (χ3v) is 5.07. The normalized spacial score (nSPS) is 23.5. The highest BCUT2D eigenvalue weighted by Crippen LogP contribution is 2.33. The summed E-state index contributed by atoms with van der Waals surface area (Å²) in [6, 6.07) is 0. The Labute approximate surface area is 210 Å². The molecule has 1 aliphatic heterocycles. The molecule has 0 radical (unpaired) electrons. The van der Waals surface area contributed by atoms with Crippen LogP contribution in [0.4, 0.5) is 0 Å². The largest absolute Gasteiger partial charge is 0.466 e. The van der Waals surface area contributed by atoms with Crippen LogP contribution in [0.2, 0.25) is 0 Å². The molecule has 0 amide bonds. The van der Waals surface area contributed by atoms with E-state index in [1.807, 2.05) is 0 Å². The fourth-order valence-corrected chi connectivity index (χ4v) is 3.35. The number of aliphatic hydroxyl groups is 1. The van der Waals surface area contributed by atoms with E-state index in [-0.39, 0.29) is 19.3 Å². The van der Waals surface area contributed by atoms with Gasteiger partial charge in [-0.1, -0.05) is 20.8 Å². The molecule has 36 heavy (non-hydrogen) atoms. The van der Waals surface area contributed by atoms with Gasteiger partial charge in [0.15, 0.2) is 12.2 Å². The third-order valence-electron chi connectivity index (χ3n) is 5.07. The van der Waals surface area contributed by atoms with E-state index in [1.165, 1.54) is 0 Å². The summed E-state index contributed by atoms with van der Waals surface area (Å²) in [4.78, 5) is 60.4. The van der Waals surface area contributed by atoms with Crippen molar-refractivity contribution < 1.29 is 57.5 Å². The monoisotopic (exact) mass is 516 g/mol. The molecule has 1 saturated heterocycles. The Hall–Kier alpha value is -2.99. The van der Waals surface area contributed by atoms with Gasteiger partial charge in [-0.05, 0) is 19.3 Å². The van der Waals surface area contributed by atoms with E-state index in [1.54, 1.807) is 20.8 Å². The van der Waals surface area contributed by atoms with Gasteiger partial charge in [0, 0.05) is 31.4 Å². The smallest absolute Gasteiger partial charge is 0.333 e. The number of carbonyl (C=O) groups excluding carboxylic acids is 5. The first-order valence-electron chi connectivity index (χ1n) is 12.0. The lowest BCUT2D eigenvalue weighted by Crippen LogP contribution is -2.60.